The molecule has 0 fully saturated rings. The van der Waals surface area contributed by atoms with Crippen molar-refractivity contribution < 1.29 is 19.5 Å². The number of carbonyl (C=O) groups excluding carboxylic acids is 2. The van der Waals surface area contributed by atoms with Crippen LogP contribution in [0.15, 0.2) is 0 Å². The lowest BCUT2D eigenvalue weighted by atomic mass is 10.1. The minimum Gasteiger partial charge on any atom is -0.481 e. The van der Waals surface area contributed by atoms with Crippen molar-refractivity contribution in [2.75, 3.05) is 13.1 Å². The lowest BCUT2D eigenvalue weighted by molar-refractivity contribution is -0.137. The van der Waals surface area contributed by atoms with E-state index in [1.807, 2.05) is 20.8 Å². The van der Waals surface area contributed by atoms with Crippen LogP contribution in [0.2, 0.25) is 0 Å². The molecular weight excluding hydrogens is 274 g/mol. The van der Waals surface area contributed by atoms with Gasteiger partial charge in [-0.3, -0.25) is 9.59 Å². The van der Waals surface area contributed by atoms with E-state index in [0.29, 0.717) is 19.4 Å². The van der Waals surface area contributed by atoms with Gasteiger partial charge in [-0.1, -0.05) is 0 Å². The molecule has 1 atom stereocenters. The molecule has 0 rings (SSSR count). The van der Waals surface area contributed by atoms with Crippen LogP contribution >= 0.6 is 0 Å². The van der Waals surface area contributed by atoms with Gasteiger partial charge in [-0.05, 0) is 40.5 Å². The number of hydrogen-bond donors (Lipinski definition) is 3. The van der Waals surface area contributed by atoms with Gasteiger partial charge >= 0.3 is 12.0 Å². The number of carboxylic acids is 1. The van der Waals surface area contributed by atoms with Crippen molar-refractivity contribution in [3.8, 4) is 0 Å². The Bertz CT molecular complexity index is 358. The number of nitrogens with one attached hydrogen (secondary N) is 2. The zero-order chi connectivity index (χ0) is 16.4. The highest BCUT2D eigenvalue weighted by Gasteiger charge is 2.17. The predicted octanol–water partition coefficient (Wildman–Crippen LogP) is 1.19. The number of nitrogens with zero attached hydrogens (tertiary/aromatic N) is 1. The van der Waals surface area contributed by atoms with Crippen LogP contribution < -0.4 is 10.6 Å². The summed E-state index contributed by atoms with van der Waals surface area (Å²) in [5, 5.41) is 14.1. The quantitative estimate of drug-likeness (QED) is 0.595. The fourth-order valence-electron chi connectivity index (χ4n) is 1.80. The molecule has 0 heterocycles. The maximum atomic E-state index is 12.0. The van der Waals surface area contributed by atoms with Crippen molar-refractivity contribution in [3.63, 3.8) is 0 Å². The molecule has 3 amide bonds. The maximum absolute atomic E-state index is 12.0. The second-order valence-electron chi connectivity index (χ2n) is 5.37. The summed E-state index contributed by atoms with van der Waals surface area (Å²) in [6, 6.07) is -0.396. The van der Waals surface area contributed by atoms with E-state index in [9.17, 15) is 14.4 Å². The number of carbonyl (C=O) groups is 3. The predicted molar refractivity (Wildman–Crippen MR) is 80.0 cm³/mol. The van der Waals surface area contributed by atoms with Crippen molar-refractivity contribution in [2.24, 2.45) is 0 Å². The first-order valence-electron chi connectivity index (χ1n) is 7.32. The molecule has 0 saturated carbocycles. The molecule has 3 N–H and O–H groups in total. The molecule has 0 aromatic heterocycles. The van der Waals surface area contributed by atoms with E-state index in [0.717, 1.165) is 0 Å². The standard InChI is InChI=1S/C14H27N3O4/c1-5-17(9-12(18)15-10(2)3)14(21)16-11(4)7-6-8-13(19)20/h10-11H,5-9H2,1-4H3,(H,15,18)(H,16,21)(H,19,20). The van der Waals surface area contributed by atoms with Crippen LogP contribution in [0, 0.1) is 0 Å². The van der Waals surface area contributed by atoms with Gasteiger partial charge in [-0.15, -0.1) is 0 Å². The number of hydrogen-bond acceptors (Lipinski definition) is 3. The molecule has 21 heavy (non-hydrogen) atoms. The van der Waals surface area contributed by atoms with E-state index in [4.69, 9.17) is 5.11 Å². The largest absolute Gasteiger partial charge is 0.481 e. The minimum absolute atomic E-state index is 0.0162. The third kappa shape index (κ3) is 9.70. The van der Waals surface area contributed by atoms with E-state index >= 15 is 0 Å². The third-order valence-corrected chi connectivity index (χ3v) is 2.85. The van der Waals surface area contributed by atoms with Crippen LogP contribution in [0.4, 0.5) is 4.79 Å². The van der Waals surface area contributed by atoms with Crippen LogP contribution in [0.5, 0.6) is 0 Å². The van der Waals surface area contributed by atoms with E-state index in [-0.39, 0.29) is 37.0 Å². The summed E-state index contributed by atoms with van der Waals surface area (Å²) in [5.41, 5.74) is 0. The van der Waals surface area contributed by atoms with Gasteiger partial charge in [-0.2, -0.15) is 0 Å². The van der Waals surface area contributed by atoms with Crippen LogP contribution in [-0.2, 0) is 9.59 Å². The molecule has 0 aliphatic rings. The van der Waals surface area contributed by atoms with E-state index < -0.39 is 5.97 Å². The van der Waals surface area contributed by atoms with Gasteiger partial charge in [0, 0.05) is 25.0 Å². The summed E-state index contributed by atoms with van der Waals surface area (Å²) in [6.45, 7) is 7.79. The van der Waals surface area contributed by atoms with Crippen molar-refractivity contribution >= 4 is 17.9 Å². The average Bonchev–Trinajstić information content (AvgIpc) is 2.34. The number of rotatable bonds is 9. The number of carboxylic acid groups (broad SMARTS) is 1. The maximum Gasteiger partial charge on any atom is 0.318 e. The zero-order valence-corrected chi connectivity index (χ0v) is 13.3. The molecule has 7 nitrogen and oxygen atoms in total. The van der Waals surface area contributed by atoms with Gasteiger partial charge in [-0.25, -0.2) is 4.79 Å². The number of aliphatic carboxylic acids is 1. The van der Waals surface area contributed by atoms with Gasteiger partial charge in [0.05, 0.1) is 0 Å². The number of likely N-dealkylation sites (N-methyl/N-ethyl adjacent to an activating group) is 1. The highest BCUT2D eigenvalue weighted by molar-refractivity contribution is 5.84. The molecule has 0 aromatic carbocycles. The monoisotopic (exact) mass is 301 g/mol. The minimum atomic E-state index is -0.839. The molecular formula is C14H27N3O4. The lowest BCUT2D eigenvalue weighted by Gasteiger charge is -2.24. The van der Waals surface area contributed by atoms with E-state index in [2.05, 4.69) is 10.6 Å². The average molecular weight is 301 g/mol. The van der Waals surface area contributed by atoms with Gasteiger partial charge in [0.2, 0.25) is 5.91 Å². The Kier molecular flexibility index (Phi) is 9.16. The molecule has 0 saturated heterocycles. The van der Waals surface area contributed by atoms with Gasteiger partial charge in [0.25, 0.3) is 0 Å². The Morgan fingerprint density at radius 2 is 1.76 bits per heavy atom. The molecule has 7 heteroatoms. The normalized spacial score (nSPS) is 11.9. The Hall–Kier alpha value is -1.79. The second kappa shape index (κ2) is 10.0. The van der Waals surface area contributed by atoms with E-state index in [1.54, 1.807) is 6.92 Å². The lowest BCUT2D eigenvalue weighted by Crippen LogP contribution is -2.48. The highest BCUT2D eigenvalue weighted by Crippen LogP contribution is 2.01. The van der Waals surface area contributed by atoms with Crippen molar-refractivity contribution in [1.29, 1.82) is 0 Å². The summed E-state index contributed by atoms with van der Waals surface area (Å²) in [7, 11) is 0. The molecule has 0 aliphatic heterocycles. The number of amides is 3. The zero-order valence-electron chi connectivity index (χ0n) is 13.3. The third-order valence-electron chi connectivity index (χ3n) is 2.85. The molecule has 1 unspecified atom stereocenters. The molecule has 0 spiro atoms. The van der Waals surface area contributed by atoms with Gasteiger partial charge in [0.15, 0.2) is 0 Å². The van der Waals surface area contributed by atoms with Gasteiger partial charge in [0.1, 0.15) is 6.54 Å². The number of urea groups is 1. The first kappa shape index (κ1) is 19.2. The molecule has 0 bridgehead atoms. The second-order valence-corrected chi connectivity index (χ2v) is 5.37. The first-order chi connectivity index (χ1) is 9.76. The topological polar surface area (TPSA) is 98.7 Å². The Balaban J connectivity index is 4.19. The van der Waals surface area contributed by atoms with E-state index in [1.165, 1.54) is 4.90 Å². The summed E-state index contributed by atoms with van der Waals surface area (Å²) in [5.74, 6) is -1.03. The van der Waals surface area contributed by atoms with Crippen LogP contribution in [0.1, 0.15) is 47.0 Å². The summed E-state index contributed by atoms with van der Waals surface area (Å²) < 4.78 is 0. The first-order valence-corrected chi connectivity index (χ1v) is 7.32. The summed E-state index contributed by atoms with van der Waals surface area (Å²) in [6.07, 6.45) is 1.19. The van der Waals surface area contributed by atoms with Crippen LogP contribution in [-0.4, -0.2) is 53.1 Å². The molecule has 122 valence electrons. The fourth-order valence-corrected chi connectivity index (χ4v) is 1.80. The van der Waals surface area contributed by atoms with Crippen LogP contribution in [0.25, 0.3) is 0 Å². The SMILES string of the molecule is CCN(CC(=O)NC(C)C)C(=O)NC(C)CCCC(=O)O. The van der Waals surface area contributed by atoms with Crippen molar-refractivity contribution in [2.45, 2.75) is 59.0 Å². The molecule has 0 aromatic rings. The van der Waals surface area contributed by atoms with Crippen LogP contribution in [0.3, 0.4) is 0 Å². The highest BCUT2D eigenvalue weighted by atomic mass is 16.4. The summed E-state index contributed by atoms with van der Waals surface area (Å²) >= 11 is 0. The molecule has 0 aliphatic carbocycles. The summed E-state index contributed by atoms with van der Waals surface area (Å²) in [4.78, 5) is 35.5. The smallest absolute Gasteiger partial charge is 0.318 e. The fraction of sp³-hybridized carbons (Fsp3) is 0.786. The van der Waals surface area contributed by atoms with Crippen molar-refractivity contribution in [1.82, 2.24) is 15.5 Å². The van der Waals surface area contributed by atoms with Gasteiger partial charge < -0.3 is 20.6 Å². The molecule has 0 radical (unpaired) electrons. The van der Waals surface area contributed by atoms with Crippen molar-refractivity contribution in [3.05, 3.63) is 0 Å². The Morgan fingerprint density at radius 3 is 2.24 bits per heavy atom. The Labute approximate surface area is 126 Å². The Morgan fingerprint density at radius 1 is 1.14 bits per heavy atom.